The van der Waals surface area contributed by atoms with Crippen molar-refractivity contribution in [1.82, 2.24) is 4.57 Å². The molecular weight excluding hydrogens is 536 g/mol. The van der Waals surface area contributed by atoms with Crippen LogP contribution in [0, 0.1) is 0 Å². The standard InChI is InChI=1S/C29H24N2O6S2/c1-3-36-28(35)24-17(2)30-29-31(25(24)22-8-5-13-38-22)26(32)23(39-29)15-18-9-11-21(12-10-18)37-16-19-6-4-7-20(14-19)27(33)34/h4-15,25H,3,16H2,1-2H3,(H,33,34)/b23-15-/t25-/m0/s1. The average molecular weight is 561 g/mol. The summed E-state index contributed by atoms with van der Waals surface area (Å²) in [5.74, 6) is -0.848. The summed E-state index contributed by atoms with van der Waals surface area (Å²) in [5, 5.41) is 11.1. The number of hydrogen-bond donors (Lipinski definition) is 1. The molecule has 0 bridgehead atoms. The van der Waals surface area contributed by atoms with Gasteiger partial charge in [-0.05, 0) is 66.8 Å². The van der Waals surface area contributed by atoms with E-state index in [2.05, 4.69) is 4.99 Å². The quantitative estimate of drug-likeness (QED) is 0.325. The first-order valence-electron chi connectivity index (χ1n) is 12.1. The molecule has 0 amide bonds. The molecule has 0 aliphatic carbocycles. The van der Waals surface area contributed by atoms with Crippen molar-refractivity contribution in [3.63, 3.8) is 0 Å². The molecule has 4 aromatic rings. The number of carboxylic acids is 1. The lowest BCUT2D eigenvalue weighted by Gasteiger charge is -2.23. The summed E-state index contributed by atoms with van der Waals surface area (Å²) >= 11 is 2.74. The van der Waals surface area contributed by atoms with Gasteiger partial charge >= 0.3 is 11.9 Å². The lowest BCUT2D eigenvalue weighted by molar-refractivity contribution is -0.139. The Kier molecular flexibility index (Phi) is 7.58. The van der Waals surface area contributed by atoms with E-state index < -0.39 is 18.0 Å². The van der Waals surface area contributed by atoms with E-state index in [0.29, 0.717) is 26.4 Å². The van der Waals surface area contributed by atoms with Gasteiger partial charge in [-0.15, -0.1) is 11.3 Å². The molecule has 1 aliphatic rings. The highest BCUT2D eigenvalue weighted by atomic mass is 32.1. The lowest BCUT2D eigenvalue weighted by atomic mass is 10.0. The Balaban J connectivity index is 1.43. The number of aromatic carboxylic acids is 1. The number of nitrogens with zero attached hydrogens (tertiary/aromatic N) is 2. The van der Waals surface area contributed by atoms with E-state index in [4.69, 9.17) is 14.6 Å². The Labute approximate surface area is 231 Å². The van der Waals surface area contributed by atoms with Crippen LogP contribution in [-0.4, -0.2) is 28.2 Å². The number of benzene rings is 2. The molecule has 1 atom stereocenters. The topological polar surface area (TPSA) is 107 Å². The van der Waals surface area contributed by atoms with E-state index in [9.17, 15) is 14.4 Å². The minimum atomic E-state index is -0.986. The average Bonchev–Trinajstić information content (AvgIpc) is 3.56. The van der Waals surface area contributed by atoms with Crippen LogP contribution in [0.4, 0.5) is 0 Å². The van der Waals surface area contributed by atoms with E-state index in [-0.39, 0.29) is 24.3 Å². The number of hydrogen-bond acceptors (Lipinski definition) is 8. The van der Waals surface area contributed by atoms with Crippen LogP contribution >= 0.6 is 22.7 Å². The van der Waals surface area contributed by atoms with Gasteiger partial charge in [-0.1, -0.05) is 41.7 Å². The Morgan fingerprint density at radius 1 is 1.13 bits per heavy atom. The zero-order valence-corrected chi connectivity index (χ0v) is 22.8. The van der Waals surface area contributed by atoms with Gasteiger partial charge < -0.3 is 14.6 Å². The van der Waals surface area contributed by atoms with Crippen LogP contribution in [0.3, 0.4) is 0 Å². The number of thiazole rings is 1. The second-order valence-corrected chi connectivity index (χ2v) is 10.7. The lowest BCUT2D eigenvalue weighted by Crippen LogP contribution is -2.39. The van der Waals surface area contributed by atoms with Crippen LogP contribution < -0.4 is 19.6 Å². The first-order chi connectivity index (χ1) is 18.9. The SMILES string of the molecule is CCOC(=O)C1=C(C)N=c2s/c(=C\c3ccc(OCc4cccc(C(=O)O)c4)cc3)c(=O)n2[C@H]1c1cccs1. The van der Waals surface area contributed by atoms with Crippen molar-refractivity contribution in [2.75, 3.05) is 6.61 Å². The van der Waals surface area contributed by atoms with Crippen LogP contribution in [0.25, 0.3) is 6.08 Å². The first kappa shape index (κ1) is 26.3. The third-order valence-electron chi connectivity index (χ3n) is 6.09. The van der Waals surface area contributed by atoms with E-state index >= 15 is 0 Å². The third kappa shape index (κ3) is 5.47. The molecule has 1 aliphatic heterocycles. The molecule has 0 saturated heterocycles. The largest absolute Gasteiger partial charge is 0.489 e. The van der Waals surface area contributed by atoms with Crippen LogP contribution in [-0.2, 0) is 16.1 Å². The number of carbonyl (C=O) groups excluding carboxylic acids is 1. The molecule has 3 heterocycles. The maximum atomic E-state index is 13.6. The number of rotatable bonds is 8. The summed E-state index contributed by atoms with van der Waals surface area (Å²) < 4.78 is 13.2. The molecule has 39 heavy (non-hydrogen) atoms. The molecule has 1 N–H and O–H groups in total. The van der Waals surface area contributed by atoms with E-state index in [1.54, 1.807) is 54.8 Å². The number of aromatic nitrogens is 1. The maximum absolute atomic E-state index is 13.6. The van der Waals surface area contributed by atoms with E-state index in [1.165, 1.54) is 28.7 Å². The molecule has 0 spiro atoms. The van der Waals surface area contributed by atoms with Gasteiger partial charge in [0.25, 0.3) is 5.56 Å². The van der Waals surface area contributed by atoms with Crippen LogP contribution in [0.2, 0.25) is 0 Å². The minimum Gasteiger partial charge on any atom is -0.489 e. The summed E-state index contributed by atoms with van der Waals surface area (Å²) in [4.78, 5) is 43.6. The summed E-state index contributed by atoms with van der Waals surface area (Å²) in [6, 6.07) is 17.1. The molecule has 0 saturated carbocycles. The second kappa shape index (κ2) is 11.2. The molecular formula is C29H24N2O6S2. The third-order valence-corrected chi connectivity index (χ3v) is 7.99. The fourth-order valence-corrected chi connectivity index (χ4v) is 6.15. The molecule has 0 unspecified atom stereocenters. The normalized spacial score (nSPS) is 15.0. The fourth-order valence-electron chi connectivity index (χ4n) is 4.28. The molecule has 198 valence electrons. The van der Waals surface area contributed by atoms with Crippen molar-refractivity contribution in [3.05, 3.63) is 119 Å². The Hall–Kier alpha value is -4.28. The van der Waals surface area contributed by atoms with Gasteiger partial charge in [0.15, 0.2) is 4.80 Å². The molecule has 5 rings (SSSR count). The van der Waals surface area contributed by atoms with Gasteiger partial charge in [0.2, 0.25) is 0 Å². The number of esters is 1. The first-order valence-corrected chi connectivity index (χ1v) is 13.8. The molecule has 0 radical (unpaired) electrons. The zero-order chi connectivity index (χ0) is 27.5. The highest BCUT2D eigenvalue weighted by Gasteiger charge is 2.33. The van der Waals surface area contributed by atoms with Gasteiger partial charge in [0.05, 0.1) is 28.0 Å². The summed E-state index contributed by atoms with van der Waals surface area (Å²) in [5.41, 5.74) is 2.43. The molecule has 10 heteroatoms. The Morgan fingerprint density at radius 3 is 2.62 bits per heavy atom. The highest BCUT2D eigenvalue weighted by Crippen LogP contribution is 2.33. The number of carboxylic acid groups (broad SMARTS) is 1. The Morgan fingerprint density at radius 2 is 1.92 bits per heavy atom. The van der Waals surface area contributed by atoms with Gasteiger partial charge in [0.1, 0.15) is 18.4 Å². The smallest absolute Gasteiger partial charge is 0.338 e. The number of fused-ring (bicyclic) bond motifs is 1. The highest BCUT2D eigenvalue weighted by molar-refractivity contribution is 7.10. The van der Waals surface area contributed by atoms with Gasteiger partial charge in [-0.2, -0.15) is 0 Å². The van der Waals surface area contributed by atoms with Crippen molar-refractivity contribution >= 4 is 40.7 Å². The number of carbonyl (C=O) groups is 2. The molecule has 2 aromatic heterocycles. The summed E-state index contributed by atoms with van der Waals surface area (Å²) in [6.45, 7) is 3.96. The minimum absolute atomic E-state index is 0.207. The Bertz CT molecular complexity index is 1750. The van der Waals surface area contributed by atoms with Crippen molar-refractivity contribution in [2.24, 2.45) is 4.99 Å². The predicted molar refractivity (Wildman–Crippen MR) is 149 cm³/mol. The molecule has 8 nitrogen and oxygen atoms in total. The van der Waals surface area contributed by atoms with Crippen molar-refractivity contribution in [2.45, 2.75) is 26.5 Å². The van der Waals surface area contributed by atoms with Crippen LogP contribution in [0.15, 0.2) is 87.1 Å². The second-order valence-electron chi connectivity index (χ2n) is 8.68. The predicted octanol–water partition coefficient (Wildman–Crippen LogP) is 4.14. The molecule has 2 aromatic carbocycles. The van der Waals surface area contributed by atoms with Crippen LogP contribution in [0.5, 0.6) is 5.75 Å². The van der Waals surface area contributed by atoms with Gasteiger partial charge in [-0.25, -0.2) is 14.6 Å². The number of thiophene rings is 1. The van der Waals surface area contributed by atoms with Crippen molar-refractivity contribution < 1.29 is 24.2 Å². The zero-order valence-electron chi connectivity index (χ0n) is 21.1. The fraction of sp³-hybridized carbons (Fsp3) is 0.172. The monoisotopic (exact) mass is 560 g/mol. The van der Waals surface area contributed by atoms with Crippen molar-refractivity contribution in [1.29, 1.82) is 0 Å². The molecule has 0 fully saturated rings. The van der Waals surface area contributed by atoms with E-state index in [1.807, 2.05) is 29.6 Å². The number of allylic oxidation sites excluding steroid dienone is 1. The van der Waals surface area contributed by atoms with Crippen LogP contribution in [0.1, 0.15) is 46.3 Å². The summed E-state index contributed by atoms with van der Waals surface area (Å²) in [6.07, 6.45) is 1.79. The van der Waals surface area contributed by atoms with E-state index in [0.717, 1.165) is 16.0 Å². The number of ether oxygens (including phenoxy) is 2. The van der Waals surface area contributed by atoms with Gasteiger partial charge in [-0.3, -0.25) is 9.36 Å². The van der Waals surface area contributed by atoms with Gasteiger partial charge in [0, 0.05) is 4.88 Å². The summed E-state index contributed by atoms with van der Waals surface area (Å²) in [7, 11) is 0. The maximum Gasteiger partial charge on any atom is 0.338 e. The van der Waals surface area contributed by atoms with Crippen molar-refractivity contribution in [3.8, 4) is 5.75 Å².